The number of hydrogen-bond acceptors (Lipinski definition) is 3. The molecule has 0 atom stereocenters. The number of fused-ring (bicyclic) bond motifs is 2. The lowest BCUT2D eigenvalue weighted by Crippen LogP contribution is -2.48. The minimum Gasteiger partial charge on any atom is -0.497 e. The van der Waals surface area contributed by atoms with E-state index in [1.165, 1.54) is 0 Å². The first kappa shape index (κ1) is 17.6. The van der Waals surface area contributed by atoms with Crippen LogP contribution in [0.1, 0.15) is 0 Å². The van der Waals surface area contributed by atoms with E-state index in [0.717, 1.165) is 27.3 Å². The van der Waals surface area contributed by atoms with Crippen LogP contribution in [0.15, 0.2) is 69.9 Å². The molecule has 0 spiro atoms. The van der Waals surface area contributed by atoms with Gasteiger partial charge in [-0.05, 0) is 47.2 Å². The van der Waals surface area contributed by atoms with E-state index in [9.17, 15) is 4.79 Å². The molecule has 3 nitrogen and oxygen atoms in total. The lowest BCUT2D eigenvalue weighted by molar-refractivity contribution is 0.415. The van der Waals surface area contributed by atoms with Gasteiger partial charge in [0.1, 0.15) is 17.1 Å². The molecular weight excluding hydrogens is 352 g/mol. The van der Waals surface area contributed by atoms with Crippen molar-refractivity contribution in [1.29, 1.82) is 0 Å². The van der Waals surface area contributed by atoms with Gasteiger partial charge in [0.25, 0.3) is 0 Å². The van der Waals surface area contributed by atoms with E-state index in [2.05, 4.69) is 19.6 Å². The fourth-order valence-electron chi connectivity index (χ4n) is 3.51. The van der Waals surface area contributed by atoms with Crippen LogP contribution in [0.4, 0.5) is 0 Å². The molecule has 1 heterocycles. The van der Waals surface area contributed by atoms with E-state index in [-0.39, 0.29) is 5.43 Å². The van der Waals surface area contributed by atoms with Crippen molar-refractivity contribution in [3.8, 4) is 17.1 Å². The van der Waals surface area contributed by atoms with Gasteiger partial charge in [-0.2, -0.15) is 0 Å². The fraction of sp³-hybridized carbons (Fsp3) is 0.174. The number of methoxy groups -OCH3 is 1. The van der Waals surface area contributed by atoms with Crippen molar-refractivity contribution in [3.63, 3.8) is 0 Å². The Morgan fingerprint density at radius 3 is 2.11 bits per heavy atom. The molecule has 4 aromatic rings. The molecule has 0 fully saturated rings. The lowest BCUT2D eigenvalue weighted by Gasteiger charge is -2.20. The highest BCUT2D eigenvalue weighted by atomic mass is 28.3. The predicted octanol–water partition coefficient (Wildman–Crippen LogP) is 5.17. The van der Waals surface area contributed by atoms with Crippen LogP contribution in [-0.2, 0) is 0 Å². The van der Waals surface area contributed by atoms with Crippen LogP contribution in [0.2, 0.25) is 19.6 Å². The molecule has 0 bridgehead atoms. The summed E-state index contributed by atoms with van der Waals surface area (Å²) in [7, 11) is -0.307. The number of benzene rings is 3. The molecule has 1 aromatic heterocycles. The number of ether oxygens (including phenoxy) is 1. The Morgan fingerprint density at radius 1 is 0.889 bits per heavy atom. The van der Waals surface area contributed by atoms with E-state index in [4.69, 9.17) is 9.15 Å². The predicted molar refractivity (Wildman–Crippen MR) is 115 cm³/mol. The zero-order valence-electron chi connectivity index (χ0n) is 16.0. The Balaban J connectivity index is 2.09. The van der Waals surface area contributed by atoms with Gasteiger partial charge < -0.3 is 9.15 Å². The average Bonchev–Trinajstić information content (AvgIpc) is 2.65. The Hall–Kier alpha value is -2.85. The van der Waals surface area contributed by atoms with E-state index in [0.29, 0.717) is 16.7 Å². The summed E-state index contributed by atoms with van der Waals surface area (Å²) in [6.45, 7) is 6.54. The molecule has 0 saturated carbocycles. The number of rotatable bonds is 3. The van der Waals surface area contributed by atoms with Crippen molar-refractivity contribution < 1.29 is 9.15 Å². The third-order valence-electron chi connectivity index (χ3n) is 4.86. The van der Waals surface area contributed by atoms with Gasteiger partial charge in [0.2, 0.25) is 0 Å². The SMILES string of the molecule is COc1ccc(-c2oc3cc4ccccc4cc3c(=O)c2[Si](C)(C)C)cc1. The first-order valence-electron chi connectivity index (χ1n) is 9.03. The third kappa shape index (κ3) is 3.06. The minimum atomic E-state index is -1.95. The van der Waals surface area contributed by atoms with Crippen LogP contribution in [0.3, 0.4) is 0 Å². The highest BCUT2D eigenvalue weighted by Crippen LogP contribution is 2.27. The topological polar surface area (TPSA) is 39.4 Å². The highest BCUT2D eigenvalue weighted by molar-refractivity contribution is 6.89. The highest BCUT2D eigenvalue weighted by Gasteiger charge is 2.28. The summed E-state index contributed by atoms with van der Waals surface area (Å²) in [4.78, 5) is 13.5. The molecule has 0 aliphatic rings. The summed E-state index contributed by atoms with van der Waals surface area (Å²) in [5.41, 5.74) is 1.62. The maximum Gasteiger partial charge on any atom is 0.192 e. The smallest absolute Gasteiger partial charge is 0.192 e. The summed E-state index contributed by atoms with van der Waals surface area (Å²) < 4.78 is 11.6. The van der Waals surface area contributed by atoms with Crippen LogP contribution in [0.5, 0.6) is 5.75 Å². The van der Waals surface area contributed by atoms with Crippen molar-refractivity contribution in [2.24, 2.45) is 0 Å². The zero-order chi connectivity index (χ0) is 19.2. The van der Waals surface area contributed by atoms with Gasteiger partial charge in [-0.15, -0.1) is 0 Å². The normalized spacial score (nSPS) is 11.9. The summed E-state index contributed by atoms with van der Waals surface area (Å²) in [5.74, 6) is 1.46. The van der Waals surface area contributed by atoms with Crippen molar-refractivity contribution in [1.82, 2.24) is 0 Å². The van der Waals surface area contributed by atoms with Crippen molar-refractivity contribution in [2.45, 2.75) is 19.6 Å². The lowest BCUT2D eigenvalue weighted by atomic mass is 10.1. The van der Waals surface area contributed by atoms with Gasteiger partial charge in [-0.25, -0.2) is 0 Å². The first-order chi connectivity index (χ1) is 12.9. The Morgan fingerprint density at radius 2 is 1.52 bits per heavy atom. The standard InChI is InChI=1S/C23H22O3Si/c1-25-18-11-9-15(10-12-18)22-23(27(2,3)4)21(24)19-13-16-7-5-6-8-17(16)14-20(19)26-22/h5-14H,1-4H3. The summed E-state index contributed by atoms with van der Waals surface area (Å²) in [6, 6.07) is 19.7. The van der Waals surface area contributed by atoms with Gasteiger partial charge in [0.05, 0.1) is 20.6 Å². The van der Waals surface area contributed by atoms with E-state index in [1.54, 1.807) is 7.11 Å². The van der Waals surface area contributed by atoms with Crippen LogP contribution in [-0.4, -0.2) is 15.2 Å². The van der Waals surface area contributed by atoms with E-state index in [1.807, 2.05) is 60.7 Å². The Kier molecular flexibility index (Phi) is 4.16. The van der Waals surface area contributed by atoms with Gasteiger partial charge in [0, 0.05) is 10.8 Å². The minimum absolute atomic E-state index is 0.0898. The maximum atomic E-state index is 13.5. The van der Waals surface area contributed by atoms with E-state index < -0.39 is 8.07 Å². The van der Waals surface area contributed by atoms with Crippen LogP contribution in [0, 0.1) is 0 Å². The molecule has 136 valence electrons. The van der Waals surface area contributed by atoms with Gasteiger partial charge in [-0.3, -0.25) is 4.79 Å². The maximum absolute atomic E-state index is 13.5. The number of hydrogen-bond donors (Lipinski definition) is 0. The summed E-state index contributed by atoms with van der Waals surface area (Å²) in [6.07, 6.45) is 0. The molecule has 0 radical (unpaired) electrons. The third-order valence-corrected chi connectivity index (χ3v) is 6.82. The molecule has 27 heavy (non-hydrogen) atoms. The molecule has 0 unspecified atom stereocenters. The quantitative estimate of drug-likeness (QED) is 0.367. The van der Waals surface area contributed by atoms with Crippen LogP contribution < -0.4 is 15.4 Å². The average molecular weight is 375 g/mol. The Bertz CT molecular complexity index is 1200. The molecular formula is C23H22O3Si. The second-order valence-corrected chi connectivity index (χ2v) is 12.8. The largest absolute Gasteiger partial charge is 0.497 e. The Labute approximate surface area is 159 Å². The van der Waals surface area contributed by atoms with Crippen molar-refractivity contribution in [2.75, 3.05) is 7.11 Å². The molecule has 0 aliphatic heterocycles. The van der Waals surface area contributed by atoms with Crippen LogP contribution in [0.25, 0.3) is 33.1 Å². The van der Waals surface area contributed by atoms with Gasteiger partial charge >= 0.3 is 0 Å². The van der Waals surface area contributed by atoms with Crippen LogP contribution >= 0.6 is 0 Å². The monoisotopic (exact) mass is 374 g/mol. The first-order valence-corrected chi connectivity index (χ1v) is 12.5. The van der Waals surface area contributed by atoms with Gasteiger partial charge in [-0.1, -0.05) is 43.9 Å². The second kappa shape index (κ2) is 6.39. The molecule has 4 rings (SSSR count). The molecule has 4 heteroatoms. The van der Waals surface area contributed by atoms with Crippen molar-refractivity contribution >= 4 is 35.0 Å². The van der Waals surface area contributed by atoms with Gasteiger partial charge in [0.15, 0.2) is 5.43 Å². The molecule has 0 aliphatic carbocycles. The zero-order valence-corrected chi connectivity index (χ0v) is 17.0. The van der Waals surface area contributed by atoms with E-state index >= 15 is 0 Å². The summed E-state index contributed by atoms with van der Waals surface area (Å²) in [5, 5.41) is 3.60. The van der Waals surface area contributed by atoms with Crippen molar-refractivity contribution in [3.05, 3.63) is 70.9 Å². The molecule has 0 amide bonds. The second-order valence-electron chi connectivity index (χ2n) is 7.81. The summed E-state index contributed by atoms with van der Waals surface area (Å²) >= 11 is 0. The molecule has 0 saturated heterocycles. The fourth-order valence-corrected chi connectivity index (χ4v) is 5.20. The molecule has 0 N–H and O–H groups in total. The molecule has 3 aromatic carbocycles.